The van der Waals surface area contributed by atoms with Gasteiger partial charge < -0.3 is 10.5 Å². The van der Waals surface area contributed by atoms with Gasteiger partial charge in [-0.15, -0.1) is 0 Å². The van der Waals surface area contributed by atoms with Gasteiger partial charge in [-0.1, -0.05) is 0 Å². The van der Waals surface area contributed by atoms with Crippen LogP contribution >= 0.6 is 0 Å². The average Bonchev–Trinajstić information content (AvgIpc) is 3.18. The topological polar surface area (TPSA) is 61.0 Å². The molecule has 0 amide bonds. The van der Waals surface area contributed by atoms with Crippen LogP contribution in [0, 0.1) is 12.8 Å². The van der Waals surface area contributed by atoms with E-state index in [1.165, 1.54) is 12.8 Å². The standard InChI is InChI=1S/C16H21N3O/c1-10-6-12-13(7-18-10)15(20-9-11-4-5-11)19-8-14(12)16(2,3)17/h6-8,11H,4-5,9,17H2,1-3H3. The van der Waals surface area contributed by atoms with Gasteiger partial charge in [0.1, 0.15) is 0 Å². The normalized spacial score (nSPS) is 15.6. The van der Waals surface area contributed by atoms with Crippen LogP contribution in [0.3, 0.4) is 0 Å². The lowest BCUT2D eigenvalue weighted by Gasteiger charge is -2.22. The van der Waals surface area contributed by atoms with Gasteiger partial charge >= 0.3 is 0 Å². The molecule has 0 bridgehead atoms. The smallest absolute Gasteiger partial charge is 0.222 e. The lowest BCUT2D eigenvalue weighted by Crippen LogP contribution is -2.29. The fourth-order valence-electron chi connectivity index (χ4n) is 2.33. The zero-order valence-electron chi connectivity index (χ0n) is 12.3. The minimum absolute atomic E-state index is 0.436. The Bertz CT molecular complexity index is 642. The lowest BCUT2D eigenvalue weighted by molar-refractivity contribution is 0.292. The third-order valence-electron chi connectivity index (χ3n) is 3.72. The number of ether oxygens (including phenoxy) is 1. The fourth-order valence-corrected chi connectivity index (χ4v) is 2.33. The first-order chi connectivity index (χ1) is 9.45. The van der Waals surface area contributed by atoms with E-state index in [1.807, 2.05) is 33.2 Å². The molecule has 1 fully saturated rings. The second-order valence-corrected chi connectivity index (χ2v) is 6.32. The molecule has 0 unspecified atom stereocenters. The maximum absolute atomic E-state index is 6.25. The first kappa shape index (κ1) is 13.3. The van der Waals surface area contributed by atoms with Crippen LogP contribution in [0.25, 0.3) is 10.8 Å². The predicted molar refractivity (Wildman–Crippen MR) is 79.7 cm³/mol. The van der Waals surface area contributed by atoms with Crippen LogP contribution in [-0.4, -0.2) is 16.6 Å². The number of hydrogen-bond acceptors (Lipinski definition) is 4. The van der Waals surface area contributed by atoms with Crippen molar-refractivity contribution in [2.75, 3.05) is 6.61 Å². The van der Waals surface area contributed by atoms with E-state index in [2.05, 4.69) is 16.0 Å². The van der Waals surface area contributed by atoms with Gasteiger partial charge in [0.25, 0.3) is 0 Å². The highest BCUT2D eigenvalue weighted by molar-refractivity contribution is 5.89. The Morgan fingerprint density at radius 3 is 2.65 bits per heavy atom. The second kappa shape index (κ2) is 4.70. The maximum Gasteiger partial charge on any atom is 0.222 e. The van der Waals surface area contributed by atoms with E-state index in [-0.39, 0.29) is 0 Å². The fraction of sp³-hybridized carbons (Fsp3) is 0.500. The summed E-state index contributed by atoms with van der Waals surface area (Å²) in [7, 11) is 0. The molecule has 1 aliphatic carbocycles. The summed E-state index contributed by atoms with van der Waals surface area (Å²) in [5, 5.41) is 2.04. The molecule has 1 aliphatic rings. The number of rotatable bonds is 4. The molecule has 2 N–H and O–H groups in total. The van der Waals surface area contributed by atoms with Gasteiger partial charge in [0.05, 0.1) is 12.0 Å². The van der Waals surface area contributed by atoms with Crippen molar-refractivity contribution in [1.82, 2.24) is 9.97 Å². The van der Waals surface area contributed by atoms with Gasteiger partial charge in [-0.05, 0) is 56.5 Å². The SMILES string of the molecule is Cc1cc2c(C(C)(C)N)cnc(OCC3CC3)c2cn1. The van der Waals surface area contributed by atoms with E-state index < -0.39 is 5.54 Å². The van der Waals surface area contributed by atoms with Crippen LogP contribution in [0.2, 0.25) is 0 Å². The van der Waals surface area contributed by atoms with E-state index in [1.54, 1.807) is 0 Å². The summed E-state index contributed by atoms with van der Waals surface area (Å²) in [5.74, 6) is 1.38. The van der Waals surface area contributed by atoms with Crippen molar-refractivity contribution in [2.45, 2.75) is 39.2 Å². The molecular weight excluding hydrogens is 250 g/mol. The monoisotopic (exact) mass is 271 g/mol. The Morgan fingerprint density at radius 1 is 1.25 bits per heavy atom. The molecule has 2 aromatic rings. The van der Waals surface area contributed by atoms with Crippen molar-refractivity contribution in [3.05, 3.63) is 29.7 Å². The first-order valence-electron chi connectivity index (χ1n) is 7.12. The van der Waals surface area contributed by atoms with Gasteiger partial charge in [0, 0.05) is 23.6 Å². The van der Waals surface area contributed by atoms with Gasteiger partial charge in [0.15, 0.2) is 0 Å². The Labute approximate surface area is 119 Å². The summed E-state index contributed by atoms with van der Waals surface area (Å²) in [5.41, 5.74) is 7.82. The van der Waals surface area contributed by atoms with Gasteiger partial charge in [0.2, 0.25) is 5.88 Å². The number of pyridine rings is 2. The molecule has 0 atom stereocenters. The van der Waals surface area contributed by atoms with E-state index >= 15 is 0 Å². The summed E-state index contributed by atoms with van der Waals surface area (Å²) in [6.07, 6.45) is 6.21. The summed E-state index contributed by atoms with van der Waals surface area (Å²) in [4.78, 5) is 8.83. The molecule has 3 rings (SSSR count). The number of fused-ring (bicyclic) bond motifs is 1. The molecule has 1 saturated carbocycles. The molecule has 106 valence electrons. The predicted octanol–water partition coefficient (Wildman–Crippen LogP) is 2.92. The van der Waals surface area contributed by atoms with Gasteiger partial charge in [-0.2, -0.15) is 0 Å². The van der Waals surface area contributed by atoms with Crippen LogP contribution in [-0.2, 0) is 5.54 Å². The summed E-state index contributed by atoms with van der Waals surface area (Å²) in [6, 6.07) is 2.06. The molecule has 0 aromatic carbocycles. The third kappa shape index (κ3) is 2.61. The van der Waals surface area contributed by atoms with Crippen LogP contribution in [0.15, 0.2) is 18.5 Å². The molecule has 0 radical (unpaired) electrons. The number of hydrogen-bond donors (Lipinski definition) is 1. The number of aryl methyl sites for hydroxylation is 1. The molecule has 0 aliphatic heterocycles. The van der Waals surface area contributed by atoms with E-state index in [0.717, 1.165) is 28.6 Å². The maximum atomic E-state index is 6.25. The summed E-state index contributed by atoms with van der Waals surface area (Å²) < 4.78 is 5.86. The molecule has 0 saturated heterocycles. The molecule has 4 heteroatoms. The molecule has 4 nitrogen and oxygen atoms in total. The largest absolute Gasteiger partial charge is 0.477 e. The minimum atomic E-state index is -0.436. The van der Waals surface area contributed by atoms with Crippen LogP contribution in [0.5, 0.6) is 5.88 Å². The van der Waals surface area contributed by atoms with Crippen LogP contribution < -0.4 is 10.5 Å². The number of nitrogens with zero attached hydrogens (tertiary/aromatic N) is 2. The van der Waals surface area contributed by atoms with E-state index in [4.69, 9.17) is 10.5 Å². The molecule has 2 heterocycles. The molecule has 20 heavy (non-hydrogen) atoms. The average molecular weight is 271 g/mol. The highest BCUT2D eigenvalue weighted by Gasteiger charge is 2.24. The van der Waals surface area contributed by atoms with Crippen LogP contribution in [0.1, 0.15) is 37.9 Å². The Kier molecular flexibility index (Phi) is 3.13. The number of aromatic nitrogens is 2. The third-order valence-corrected chi connectivity index (χ3v) is 3.72. The molecular formula is C16H21N3O. The quantitative estimate of drug-likeness (QED) is 0.928. The Hall–Kier alpha value is -1.68. The number of nitrogens with two attached hydrogens (primary N) is 1. The molecule has 0 spiro atoms. The van der Waals surface area contributed by atoms with Crippen molar-refractivity contribution < 1.29 is 4.74 Å². The van der Waals surface area contributed by atoms with Crippen LogP contribution in [0.4, 0.5) is 0 Å². The van der Waals surface area contributed by atoms with Crippen molar-refractivity contribution in [3.63, 3.8) is 0 Å². The van der Waals surface area contributed by atoms with E-state index in [9.17, 15) is 0 Å². The first-order valence-corrected chi connectivity index (χ1v) is 7.12. The zero-order chi connectivity index (χ0) is 14.3. The minimum Gasteiger partial charge on any atom is -0.477 e. The van der Waals surface area contributed by atoms with Crippen molar-refractivity contribution in [1.29, 1.82) is 0 Å². The van der Waals surface area contributed by atoms with Crippen molar-refractivity contribution in [3.8, 4) is 5.88 Å². The van der Waals surface area contributed by atoms with Gasteiger partial charge in [-0.3, -0.25) is 4.98 Å². The second-order valence-electron chi connectivity index (χ2n) is 6.32. The van der Waals surface area contributed by atoms with E-state index in [0.29, 0.717) is 11.8 Å². The summed E-state index contributed by atoms with van der Waals surface area (Å²) >= 11 is 0. The Morgan fingerprint density at radius 2 is 2.00 bits per heavy atom. The highest BCUT2D eigenvalue weighted by Crippen LogP contribution is 2.33. The Balaban J connectivity index is 2.09. The van der Waals surface area contributed by atoms with Gasteiger partial charge in [-0.25, -0.2) is 4.98 Å². The summed E-state index contributed by atoms with van der Waals surface area (Å²) in [6.45, 7) is 6.72. The highest BCUT2D eigenvalue weighted by atomic mass is 16.5. The van der Waals surface area contributed by atoms with Crippen molar-refractivity contribution in [2.24, 2.45) is 11.7 Å². The molecule has 2 aromatic heterocycles. The lowest BCUT2D eigenvalue weighted by atomic mass is 9.93. The van der Waals surface area contributed by atoms with Crippen molar-refractivity contribution >= 4 is 10.8 Å². The zero-order valence-corrected chi connectivity index (χ0v) is 12.3.